The van der Waals surface area contributed by atoms with Crippen LogP contribution in [0.3, 0.4) is 0 Å². The van der Waals surface area contributed by atoms with Gasteiger partial charge in [0, 0.05) is 0 Å². The largest absolute Gasteiger partial charge is 0.373 e. The van der Waals surface area contributed by atoms with Crippen molar-refractivity contribution in [2.45, 2.75) is 38.6 Å². The predicted octanol–water partition coefficient (Wildman–Crippen LogP) is 1.44. The van der Waals surface area contributed by atoms with E-state index in [0.29, 0.717) is 0 Å². The summed E-state index contributed by atoms with van der Waals surface area (Å²) in [6, 6.07) is 0. The number of hydrogen-bond acceptors (Lipinski definition) is 2. The Morgan fingerprint density at radius 2 is 1.91 bits per heavy atom. The van der Waals surface area contributed by atoms with Gasteiger partial charge in [-0.05, 0) is 13.8 Å². The van der Waals surface area contributed by atoms with E-state index in [-0.39, 0.29) is 18.8 Å². The van der Waals surface area contributed by atoms with Crippen molar-refractivity contribution >= 4 is 0 Å². The van der Waals surface area contributed by atoms with Crippen molar-refractivity contribution in [3.05, 3.63) is 0 Å². The first-order chi connectivity index (χ1) is 5.11. The first-order valence-electron chi connectivity index (χ1n) is 3.66. The maximum Gasteiger partial charge on any atom is 0.266 e. The third-order valence-corrected chi connectivity index (χ3v) is 1.85. The molecule has 0 bridgehead atoms. The fraction of sp³-hybridized carbons (Fsp3) is 1.00. The molecule has 3 atom stereocenters. The third-order valence-electron chi connectivity index (χ3n) is 1.85. The molecule has 0 saturated carbocycles. The van der Waals surface area contributed by atoms with Gasteiger partial charge in [-0.3, -0.25) is 0 Å². The summed E-state index contributed by atoms with van der Waals surface area (Å²) < 4.78 is 34.1. The molecule has 0 aromatic heterocycles. The second-order valence-corrected chi connectivity index (χ2v) is 2.75. The van der Waals surface area contributed by atoms with Crippen molar-refractivity contribution < 1.29 is 18.3 Å². The lowest BCUT2D eigenvalue weighted by atomic mass is 10.2. The van der Waals surface area contributed by atoms with Crippen molar-refractivity contribution in [1.82, 2.24) is 0 Å². The fourth-order valence-electron chi connectivity index (χ4n) is 0.940. The topological polar surface area (TPSA) is 18.5 Å². The van der Waals surface area contributed by atoms with Crippen LogP contribution in [-0.4, -0.2) is 31.3 Å². The van der Waals surface area contributed by atoms with Crippen LogP contribution in [0.15, 0.2) is 0 Å². The minimum atomic E-state index is -2.44. The molecule has 0 aromatic carbocycles. The molecule has 0 aliphatic carbocycles. The maximum atomic E-state index is 12.0. The van der Waals surface area contributed by atoms with Crippen molar-refractivity contribution in [1.29, 1.82) is 0 Å². The Hall–Kier alpha value is -0.220. The molecular formula is C7H12F2O2. The first-order valence-corrected chi connectivity index (χ1v) is 3.66. The fourth-order valence-corrected chi connectivity index (χ4v) is 0.940. The Morgan fingerprint density at radius 3 is 2.36 bits per heavy atom. The summed E-state index contributed by atoms with van der Waals surface area (Å²) in [6.07, 6.45) is -3.79. The second kappa shape index (κ2) is 3.45. The summed E-state index contributed by atoms with van der Waals surface area (Å²) in [5, 5.41) is 0. The highest BCUT2D eigenvalue weighted by atomic mass is 19.3. The Kier molecular flexibility index (Phi) is 2.78. The molecule has 3 unspecified atom stereocenters. The molecule has 0 amide bonds. The van der Waals surface area contributed by atoms with Crippen LogP contribution in [0, 0.1) is 0 Å². The molecule has 1 fully saturated rings. The number of hydrogen-bond donors (Lipinski definition) is 0. The summed E-state index contributed by atoms with van der Waals surface area (Å²) in [4.78, 5) is 0. The lowest BCUT2D eigenvalue weighted by Crippen LogP contribution is -2.43. The lowest BCUT2D eigenvalue weighted by molar-refractivity contribution is -0.202. The van der Waals surface area contributed by atoms with Crippen LogP contribution in [0.25, 0.3) is 0 Å². The highest BCUT2D eigenvalue weighted by molar-refractivity contribution is 4.72. The number of alkyl halides is 2. The Morgan fingerprint density at radius 1 is 1.27 bits per heavy atom. The highest BCUT2D eigenvalue weighted by Crippen LogP contribution is 2.18. The van der Waals surface area contributed by atoms with E-state index in [1.807, 2.05) is 6.92 Å². The van der Waals surface area contributed by atoms with Crippen LogP contribution >= 0.6 is 0 Å². The van der Waals surface area contributed by atoms with Crippen molar-refractivity contribution in [3.63, 3.8) is 0 Å². The number of ether oxygens (including phenoxy) is 2. The van der Waals surface area contributed by atoms with Gasteiger partial charge in [0.05, 0.1) is 18.8 Å². The van der Waals surface area contributed by atoms with Gasteiger partial charge in [0.1, 0.15) is 6.10 Å². The van der Waals surface area contributed by atoms with Crippen molar-refractivity contribution in [2.24, 2.45) is 0 Å². The van der Waals surface area contributed by atoms with E-state index >= 15 is 0 Å². The number of rotatable bonds is 1. The molecule has 1 aliphatic rings. The normalized spacial score (nSPS) is 39.5. The molecule has 11 heavy (non-hydrogen) atoms. The summed E-state index contributed by atoms with van der Waals surface area (Å²) in [7, 11) is 0. The summed E-state index contributed by atoms with van der Waals surface area (Å²) in [6.45, 7) is 3.55. The minimum absolute atomic E-state index is 0.00315. The minimum Gasteiger partial charge on any atom is -0.373 e. The predicted molar refractivity (Wildman–Crippen MR) is 35.8 cm³/mol. The van der Waals surface area contributed by atoms with E-state index in [4.69, 9.17) is 9.47 Å². The Labute approximate surface area is 64.5 Å². The van der Waals surface area contributed by atoms with Crippen molar-refractivity contribution in [2.75, 3.05) is 6.61 Å². The third kappa shape index (κ3) is 2.10. The molecule has 0 spiro atoms. The van der Waals surface area contributed by atoms with Gasteiger partial charge in [0.2, 0.25) is 0 Å². The zero-order valence-electron chi connectivity index (χ0n) is 6.59. The molecule has 0 aromatic rings. The quantitative estimate of drug-likeness (QED) is 0.587. The lowest BCUT2D eigenvalue weighted by Gasteiger charge is -2.32. The second-order valence-electron chi connectivity index (χ2n) is 2.75. The zero-order valence-corrected chi connectivity index (χ0v) is 6.59. The van der Waals surface area contributed by atoms with Gasteiger partial charge in [-0.15, -0.1) is 0 Å². The average molecular weight is 166 g/mol. The monoisotopic (exact) mass is 166 g/mol. The van der Waals surface area contributed by atoms with E-state index in [1.165, 1.54) is 0 Å². The smallest absolute Gasteiger partial charge is 0.266 e. The standard InChI is InChI=1S/C7H12F2O2/c1-4-5(2)11-6(3-10-4)7(8)9/h4-7H,3H2,1-2H3. The molecule has 2 nitrogen and oxygen atoms in total. The Bertz CT molecular complexity index is 130. The van der Waals surface area contributed by atoms with E-state index in [1.54, 1.807) is 6.92 Å². The van der Waals surface area contributed by atoms with Gasteiger partial charge in [-0.1, -0.05) is 0 Å². The van der Waals surface area contributed by atoms with Gasteiger partial charge in [-0.2, -0.15) is 0 Å². The average Bonchev–Trinajstić information content (AvgIpc) is 1.94. The molecule has 1 aliphatic heterocycles. The van der Waals surface area contributed by atoms with Crippen LogP contribution in [0.1, 0.15) is 13.8 Å². The summed E-state index contributed by atoms with van der Waals surface area (Å²) in [5.74, 6) is 0. The maximum absolute atomic E-state index is 12.0. The SMILES string of the molecule is CC1OCC(C(F)F)OC1C. The van der Waals surface area contributed by atoms with Crippen LogP contribution < -0.4 is 0 Å². The van der Waals surface area contributed by atoms with Crippen LogP contribution in [-0.2, 0) is 9.47 Å². The Balaban J connectivity index is 2.40. The van der Waals surface area contributed by atoms with E-state index < -0.39 is 12.5 Å². The highest BCUT2D eigenvalue weighted by Gasteiger charge is 2.31. The molecule has 0 radical (unpaired) electrons. The van der Waals surface area contributed by atoms with Gasteiger partial charge < -0.3 is 9.47 Å². The van der Waals surface area contributed by atoms with Crippen LogP contribution in [0.5, 0.6) is 0 Å². The van der Waals surface area contributed by atoms with E-state index in [9.17, 15) is 8.78 Å². The molecular weight excluding hydrogens is 154 g/mol. The van der Waals surface area contributed by atoms with E-state index in [2.05, 4.69) is 0 Å². The van der Waals surface area contributed by atoms with E-state index in [0.717, 1.165) is 0 Å². The molecule has 1 saturated heterocycles. The van der Waals surface area contributed by atoms with Crippen LogP contribution in [0.4, 0.5) is 8.78 Å². The molecule has 1 rings (SSSR count). The molecule has 0 N–H and O–H groups in total. The molecule has 66 valence electrons. The van der Waals surface area contributed by atoms with Gasteiger partial charge in [0.25, 0.3) is 6.43 Å². The first kappa shape index (κ1) is 8.87. The molecule has 1 heterocycles. The number of halogens is 2. The summed E-state index contributed by atoms with van der Waals surface area (Å²) >= 11 is 0. The zero-order chi connectivity index (χ0) is 8.43. The van der Waals surface area contributed by atoms with Crippen molar-refractivity contribution in [3.8, 4) is 0 Å². The van der Waals surface area contributed by atoms with Gasteiger partial charge >= 0.3 is 0 Å². The van der Waals surface area contributed by atoms with Gasteiger partial charge in [0.15, 0.2) is 0 Å². The summed E-state index contributed by atoms with van der Waals surface area (Å²) in [5.41, 5.74) is 0. The van der Waals surface area contributed by atoms with Gasteiger partial charge in [-0.25, -0.2) is 8.78 Å². The van der Waals surface area contributed by atoms with Crippen LogP contribution in [0.2, 0.25) is 0 Å². The molecule has 4 heteroatoms.